The van der Waals surface area contributed by atoms with Crippen LogP contribution in [0.15, 0.2) is 47.6 Å². The Morgan fingerprint density at radius 2 is 2.05 bits per heavy atom. The van der Waals surface area contributed by atoms with Gasteiger partial charge in [0.05, 0.1) is 5.71 Å². The second-order valence-electron chi connectivity index (χ2n) is 4.60. The fourth-order valence-electron chi connectivity index (χ4n) is 1.89. The molecule has 0 aliphatic rings. The second-order valence-corrected chi connectivity index (χ2v) is 5.04. The number of ether oxygens (including phenoxy) is 1. The molecule has 4 heteroatoms. The van der Waals surface area contributed by atoms with Gasteiger partial charge in [0, 0.05) is 10.6 Å². The molecular weight excluding hydrogens is 274 g/mol. The lowest BCUT2D eigenvalue weighted by Gasteiger charge is -2.12. The van der Waals surface area contributed by atoms with Crippen LogP contribution in [0, 0.1) is 6.92 Å². The van der Waals surface area contributed by atoms with Crippen molar-refractivity contribution in [3.63, 3.8) is 0 Å². The Balaban J connectivity index is 2.21. The summed E-state index contributed by atoms with van der Waals surface area (Å²) in [5.74, 6) is 0.686. The van der Waals surface area contributed by atoms with E-state index in [1.54, 1.807) is 6.92 Å². The minimum Gasteiger partial charge on any atom is -0.488 e. The summed E-state index contributed by atoms with van der Waals surface area (Å²) in [7, 11) is 0. The van der Waals surface area contributed by atoms with Gasteiger partial charge in [0.1, 0.15) is 12.4 Å². The van der Waals surface area contributed by atoms with E-state index in [1.807, 2.05) is 49.4 Å². The average Bonchev–Trinajstić information content (AvgIpc) is 2.45. The highest BCUT2D eigenvalue weighted by molar-refractivity contribution is 6.30. The highest BCUT2D eigenvalue weighted by atomic mass is 35.5. The van der Waals surface area contributed by atoms with Gasteiger partial charge in [-0.25, -0.2) is 0 Å². The van der Waals surface area contributed by atoms with Gasteiger partial charge in [0.2, 0.25) is 0 Å². The molecule has 0 heterocycles. The van der Waals surface area contributed by atoms with E-state index >= 15 is 0 Å². The van der Waals surface area contributed by atoms with Crippen LogP contribution in [0.4, 0.5) is 0 Å². The van der Waals surface area contributed by atoms with Crippen LogP contribution in [0.5, 0.6) is 5.75 Å². The van der Waals surface area contributed by atoms with E-state index in [1.165, 1.54) is 0 Å². The minimum absolute atomic E-state index is 0.412. The molecule has 0 spiro atoms. The van der Waals surface area contributed by atoms with Crippen molar-refractivity contribution < 1.29 is 9.94 Å². The fraction of sp³-hybridized carbons (Fsp3) is 0.188. The zero-order chi connectivity index (χ0) is 14.5. The van der Waals surface area contributed by atoms with E-state index in [0.717, 1.165) is 16.7 Å². The van der Waals surface area contributed by atoms with Crippen LogP contribution >= 0.6 is 11.6 Å². The summed E-state index contributed by atoms with van der Waals surface area (Å²) in [6.07, 6.45) is 0. The van der Waals surface area contributed by atoms with Crippen molar-refractivity contribution in [2.75, 3.05) is 0 Å². The number of hydrogen-bond donors (Lipinski definition) is 1. The Kier molecular flexibility index (Phi) is 4.64. The van der Waals surface area contributed by atoms with Crippen LogP contribution in [0.25, 0.3) is 0 Å². The third-order valence-electron chi connectivity index (χ3n) is 2.96. The monoisotopic (exact) mass is 289 g/mol. The van der Waals surface area contributed by atoms with Gasteiger partial charge >= 0.3 is 0 Å². The average molecular weight is 290 g/mol. The standard InChI is InChI=1S/C16H16ClNO2/c1-11-6-7-16(15(8-11)12(2)18-19)20-10-13-4-3-5-14(17)9-13/h3-9,19H,10H2,1-2H3/b18-12+. The predicted molar refractivity (Wildman–Crippen MR) is 81.0 cm³/mol. The zero-order valence-electron chi connectivity index (χ0n) is 11.4. The topological polar surface area (TPSA) is 41.8 Å². The minimum atomic E-state index is 0.412. The molecule has 3 nitrogen and oxygen atoms in total. The smallest absolute Gasteiger partial charge is 0.128 e. The summed E-state index contributed by atoms with van der Waals surface area (Å²) in [6, 6.07) is 13.3. The first-order valence-corrected chi connectivity index (χ1v) is 6.65. The summed E-state index contributed by atoms with van der Waals surface area (Å²) in [5, 5.41) is 12.9. The second kappa shape index (κ2) is 6.44. The van der Waals surface area contributed by atoms with E-state index in [4.69, 9.17) is 21.5 Å². The van der Waals surface area contributed by atoms with Gasteiger partial charge in [-0.05, 0) is 43.7 Å². The predicted octanol–water partition coefficient (Wildman–Crippen LogP) is 4.43. The molecule has 1 N–H and O–H groups in total. The van der Waals surface area contributed by atoms with E-state index in [0.29, 0.717) is 23.1 Å². The van der Waals surface area contributed by atoms with Crippen molar-refractivity contribution in [3.8, 4) is 5.75 Å². The van der Waals surface area contributed by atoms with Gasteiger partial charge in [-0.15, -0.1) is 0 Å². The molecule has 0 radical (unpaired) electrons. The third kappa shape index (κ3) is 3.52. The van der Waals surface area contributed by atoms with Crippen LogP contribution in [-0.4, -0.2) is 10.9 Å². The van der Waals surface area contributed by atoms with Crippen LogP contribution in [0.3, 0.4) is 0 Å². The van der Waals surface area contributed by atoms with E-state index in [-0.39, 0.29) is 0 Å². The highest BCUT2D eigenvalue weighted by Gasteiger charge is 2.08. The number of aryl methyl sites for hydroxylation is 1. The molecule has 0 bridgehead atoms. The van der Waals surface area contributed by atoms with E-state index < -0.39 is 0 Å². The van der Waals surface area contributed by atoms with Crippen LogP contribution in [0.1, 0.15) is 23.6 Å². The third-order valence-corrected chi connectivity index (χ3v) is 3.19. The molecule has 0 aromatic heterocycles. The first-order valence-electron chi connectivity index (χ1n) is 6.27. The van der Waals surface area contributed by atoms with Crippen molar-refractivity contribution in [1.82, 2.24) is 0 Å². The van der Waals surface area contributed by atoms with Crippen molar-refractivity contribution in [2.24, 2.45) is 5.16 Å². The number of halogens is 1. The lowest BCUT2D eigenvalue weighted by atomic mass is 10.1. The molecule has 2 rings (SSSR count). The molecule has 0 amide bonds. The molecule has 0 atom stereocenters. The van der Waals surface area contributed by atoms with Crippen molar-refractivity contribution >= 4 is 17.3 Å². The Morgan fingerprint density at radius 3 is 2.75 bits per heavy atom. The van der Waals surface area contributed by atoms with Gasteiger partial charge < -0.3 is 9.94 Å². The Morgan fingerprint density at radius 1 is 1.25 bits per heavy atom. The highest BCUT2D eigenvalue weighted by Crippen LogP contribution is 2.22. The summed E-state index contributed by atoms with van der Waals surface area (Å²) in [4.78, 5) is 0. The zero-order valence-corrected chi connectivity index (χ0v) is 12.2. The molecule has 104 valence electrons. The SMILES string of the molecule is C/C(=N\O)c1cc(C)ccc1OCc1cccc(Cl)c1. The molecule has 20 heavy (non-hydrogen) atoms. The normalized spacial score (nSPS) is 11.4. The fourth-order valence-corrected chi connectivity index (χ4v) is 2.11. The summed E-state index contributed by atoms with van der Waals surface area (Å²) < 4.78 is 5.81. The largest absolute Gasteiger partial charge is 0.488 e. The Hall–Kier alpha value is -2.00. The number of benzene rings is 2. The molecule has 0 aliphatic heterocycles. The molecule has 0 unspecified atom stereocenters. The molecule has 0 saturated heterocycles. The van der Waals surface area contributed by atoms with Gasteiger partial charge in [-0.1, -0.05) is 40.5 Å². The lowest BCUT2D eigenvalue weighted by molar-refractivity contribution is 0.303. The Labute approximate surface area is 123 Å². The van der Waals surface area contributed by atoms with Crippen LogP contribution in [0.2, 0.25) is 5.02 Å². The molecule has 0 aliphatic carbocycles. The van der Waals surface area contributed by atoms with Gasteiger partial charge in [0.25, 0.3) is 0 Å². The molecule has 0 saturated carbocycles. The maximum Gasteiger partial charge on any atom is 0.128 e. The molecule has 2 aromatic carbocycles. The van der Waals surface area contributed by atoms with Gasteiger partial charge in [-0.2, -0.15) is 0 Å². The summed E-state index contributed by atoms with van der Waals surface area (Å²) in [6.45, 7) is 4.13. The summed E-state index contributed by atoms with van der Waals surface area (Å²) >= 11 is 5.94. The van der Waals surface area contributed by atoms with Crippen LogP contribution < -0.4 is 4.74 Å². The number of nitrogens with zero attached hydrogens (tertiary/aromatic N) is 1. The maximum atomic E-state index is 8.94. The number of rotatable bonds is 4. The molecule has 2 aromatic rings. The lowest BCUT2D eigenvalue weighted by Crippen LogP contribution is -2.03. The van der Waals surface area contributed by atoms with E-state index in [9.17, 15) is 0 Å². The van der Waals surface area contributed by atoms with Crippen molar-refractivity contribution in [2.45, 2.75) is 20.5 Å². The first kappa shape index (κ1) is 14.4. The van der Waals surface area contributed by atoms with Crippen LogP contribution in [-0.2, 0) is 6.61 Å². The summed E-state index contributed by atoms with van der Waals surface area (Å²) in [5.41, 5.74) is 3.38. The van der Waals surface area contributed by atoms with Crippen molar-refractivity contribution in [3.05, 3.63) is 64.2 Å². The number of hydrogen-bond acceptors (Lipinski definition) is 3. The van der Waals surface area contributed by atoms with Crippen molar-refractivity contribution in [1.29, 1.82) is 0 Å². The number of oxime groups is 1. The van der Waals surface area contributed by atoms with Gasteiger partial charge in [-0.3, -0.25) is 0 Å². The Bertz CT molecular complexity index is 638. The molecule has 0 fully saturated rings. The maximum absolute atomic E-state index is 8.94. The van der Waals surface area contributed by atoms with Gasteiger partial charge in [0.15, 0.2) is 0 Å². The van der Waals surface area contributed by atoms with E-state index in [2.05, 4.69) is 5.16 Å². The molecular formula is C16H16ClNO2. The first-order chi connectivity index (χ1) is 9.60. The quantitative estimate of drug-likeness (QED) is 0.514.